The van der Waals surface area contributed by atoms with E-state index in [1.165, 1.54) is 57.8 Å². The van der Waals surface area contributed by atoms with Crippen LogP contribution < -0.4 is 5.73 Å². The van der Waals surface area contributed by atoms with Gasteiger partial charge in [0, 0.05) is 19.4 Å². The number of carbonyl (C=O) groups is 2. The van der Waals surface area contributed by atoms with Crippen LogP contribution in [0.1, 0.15) is 155 Å². The van der Waals surface area contributed by atoms with Crippen LogP contribution in [0.4, 0.5) is 0 Å². The highest BCUT2D eigenvalue weighted by Crippen LogP contribution is 2.43. The predicted octanol–water partition coefficient (Wildman–Crippen LogP) is 12.0. The van der Waals surface area contributed by atoms with Crippen LogP contribution in [-0.4, -0.2) is 49.3 Å². The first-order valence-corrected chi connectivity index (χ1v) is 22.6. The summed E-state index contributed by atoms with van der Waals surface area (Å²) in [6.45, 7) is 3.55. The van der Waals surface area contributed by atoms with Crippen molar-refractivity contribution in [3.63, 3.8) is 0 Å². The molecule has 0 fully saturated rings. The largest absolute Gasteiger partial charge is 0.472 e. The summed E-state index contributed by atoms with van der Waals surface area (Å²) in [6, 6.07) is 0. The van der Waals surface area contributed by atoms with Crippen LogP contribution in [0.3, 0.4) is 0 Å². The lowest BCUT2D eigenvalue weighted by Crippen LogP contribution is -2.29. The number of ether oxygens (including phenoxy) is 2. The fourth-order valence-corrected chi connectivity index (χ4v) is 5.88. The van der Waals surface area contributed by atoms with E-state index < -0.39 is 32.5 Å². The molecule has 10 heteroatoms. The molecular formula is C45H76NO8P. The summed E-state index contributed by atoms with van der Waals surface area (Å²) in [7, 11) is -4.41. The van der Waals surface area contributed by atoms with Crippen molar-refractivity contribution in [2.24, 2.45) is 5.73 Å². The van der Waals surface area contributed by atoms with Gasteiger partial charge in [-0.3, -0.25) is 18.6 Å². The normalized spacial score (nSPS) is 14.2. The molecule has 0 bridgehead atoms. The molecular weight excluding hydrogens is 713 g/mol. The van der Waals surface area contributed by atoms with E-state index in [0.29, 0.717) is 19.3 Å². The van der Waals surface area contributed by atoms with Gasteiger partial charge in [-0.2, -0.15) is 0 Å². The van der Waals surface area contributed by atoms with E-state index >= 15 is 0 Å². The molecule has 0 amide bonds. The first kappa shape index (κ1) is 52.2. The monoisotopic (exact) mass is 790 g/mol. The summed E-state index contributed by atoms with van der Waals surface area (Å²) in [6.07, 6.45) is 50.6. The molecule has 3 N–H and O–H groups in total. The number of hydrogen-bond donors (Lipinski definition) is 2. The molecule has 0 radical (unpaired) electrons. The van der Waals surface area contributed by atoms with Gasteiger partial charge in [-0.05, 0) is 83.5 Å². The lowest BCUT2D eigenvalue weighted by Gasteiger charge is -2.19. The van der Waals surface area contributed by atoms with Gasteiger partial charge in [-0.15, -0.1) is 0 Å². The summed E-state index contributed by atoms with van der Waals surface area (Å²) in [5, 5.41) is 0. The number of rotatable bonds is 38. The van der Waals surface area contributed by atoms with Crippen LogP contribution in [0.25, 0.3) is 0 Å². The molecule has 0 rings (SSSR count). The van der Waals surface area contributed by atoms with E-state index in [2.05, 4.69) is 86.8 Å². The van der Waals surface area contributed by atoms with E-state index in [4.69, 9.17) is 24.3 Å². The Bertz CT molecular complexity index is 1170. The molecule has 314 valence electrons. The van der Waals surface area contributed by atoms with Crippen molar-refractivity contribution >= 4 is 19.8 Å². The molecule has 0 aromatic heterocycles. The van der Waals surface area contributed by atoms with Crippen molar-refractivity contribution in [1.82, 2.24) is 0 Å². The maximum atomic E-state index is 12.5. The van der Waals surface area contributed by atoms with Crippen molar-refractivity contribution in [2.75, 3.05) is 26.4 Å². The number of phosphoric acid groups is 1. The zero-order chi connectivity index (χ0) is 40.3. The van der Waals surface area contributed by atoms with Crippen LogP contribution in [-0.2, 0) is 32.7 Å². The Morgan fingerprint density at radius 2 is 0.945 bits per heavy atom. The second-order valence-electron chi connectivity index (χ2n) is 13.5. The molecule has 55 heavy (non-hydrogen) atoms. The number of hydrogen-bond acceptors (Lipinski definition) is 8. The zero-order valence-electron chi connectivity index (χ0n) is 34.4. The van der Waals surface area contributed by atoms with E-state index in [1.807, 2.05) is 12.2 Å². The predicted molar refractivity (Wildman–Crippen MR) is 229 cm³/mol. The average molecular weight is 790 g/mol. The maximum absolute atomic E-state index is 12.5. The zero-order valence-corrected chi connectivity index (χ0v) is 35.3. The second-order valence-corrected chi connectivity index (χ2v) is 14.9. The number of nitrogens with two attached hydrogens (primary N) is 1. The third kappa shape index (κ3) is 40.7. The Balaban J connectivity index is 4.38. The highest BCUT2D eigenvalue weighted by atomic mass is 31.2. The summed E-state index contributed by atoms with van der Waals surface area (Å²) in [4.78, 5) is 34.8. The minimum absolute atomic E-state index is 0.0340. The van der Waals surface area contributed by atoms with Gasteiger partial charge in [0.1, 0.15) is 6.61 Å². The molecule has 0 aliphatic carbocycles. The Morgan fingerprint density at radius 1 is 0.545 bits per heavy atom. The molecule has 0 aliphatic heterocycles. The van der Waals surface area contributed by atoms with Crippen LogP contribution >= 0.6 is 7.82 Å². The van der Waals surface area contributed by atoms with Crippen molar-refractivity contribution in [3.05, 3.63) is 85.1 Å². The quantitative estimate of drug-likeness (QED) is 0.0271. The maximum Gasteiger partial charge on any atom is 0.472 e. The fraction of sp³-hybridized carbons (Fsp3) is 0.644. The topological polar surface area (TPSA) is 134 Å². The molecule has 0 saturated heterocycles. The number of allylic oxidation sites excluding steroid dienone is 14. The molecule has 2 unspecified atom stereocenters. The molecule has 2 atom stereocenters. The Labute approximate surface area is 334 Å². The highest BCUT2D eigenvalue weighted by molar-refractivity contribution is 7.47. The fourth-order valence-electron chi connectivity index (χ4n) is 5.11. The van der Waals surface area contributed by atoms with Crippen LogP contribution in [0.2, 0.25) is 0 Å². The molecule has 0 heterocycles. The van der Waals surface area contributed by atoms with Gasteiger partial charge in [0.25, 0.3) is 0 Å². The second kappa shape index (κ2) is 40.8. The summed E-state index contributed by atoms with van der Waals surface area (Å²) >= 11 is 0. The minimum Gasteiger partial charge on any atom is -0.462 e. The van der Waals surface area contributed by atoms with Crippen LogP contribution in [0, 0.1) is 0 Å². The molecule has 0 aromatic carbocycles. The Hall–Kier alpha value is -2.81. The number of esters is 2. The Morgan fingerprint density at radius 3 is 1.44 bits per heavy atom. The smallest absolute Gasteiger partial charge is 0.462 e. The summed E-state index contributed by atoms with van der Waals surface area (Å²) in [5.41, 5.74) is 5.33. The minimum atomic E-state index is -4.41. The van der Waals surface area contributed by atoms with Gasteiger partial charge in [0.2, 0.25) is 0 Å². The van der Waals surface area contributed by atoms with Gasteiger partial charge in [-0.1, -0.05) is 144 Å². The van der Waals surface area contributed by atoms with E-state index in [0.717, 1.165) is 51.4 Å². The first-order valence-electron chi connectivity index (χ1n) is 21.1. The van der Waals surface area contributed by atoms with Crippen molar-refractivity contribution in [3.8, 4) is 0 Å². The first-order chi connectivity index (χ1) is 26.8. The lowest BCUT2D eigenvalue weighted by molar-refractivity contribution is -0.161. The third-order valence-electron chi connectivity index (χ3n) is 8.25. The molecule has 0 spiro atoms. The third-order valence-corrected chi connectivity index (χ3v) is 9.24. The van der Waals surface area contributed by atoms with Crippen LogP contribution in [0.15, 0.2) is 85.1 Å². The highest BCUT2D eigenvalue weighted by Gasteiger charge is 2.25. The van der Waals surface area contributed by atoms with Gasteiger partial charge in [0.05, 0.1) is 13.2 Å². The molecule has 0 aliphatic rings. The van der Waals surface area contributed by atoms with Gasteiger partial charge in [0.15, 0.2) is 6.10 Å². The van der Waals surface area contributed by atoms with Gasteiger partial charge in [-0.25, -0.2) is 4.57 Å². The summed E-state index contributed by atoms with van der Waals surface area (Å²) in [5.74, 6) is -0.964. The van der Waals surface area contributed by atoms with Crippen LogP contribution in [0.5, 0.6) is 0 Å². The van der Waals surface area contributed by atoms with Gasteiger partial charge >= 0.3 is 19.8 Å². The van der Waals surface area contributed by atoms with E-state index in [1.54, 1.807) is 0 Å². The van der Waals surface area contributed by atoms with E-state index in [-0.39, 0.29) is 32.6 Å². The standard InChI is InChI=1S/C45H76NO8P/c1-3-5-7-9-11-13-15-17-19-21-23-25-27-29-31-33-35-37-44(47)51-41-43(42-53-55(49,50)52-40-39-46)54-45(48)38-36-34-32-30-28-26-24-22-20-18-16-14-12-10-8-6-4-2/h12,14,17-20,23-26,29-32,43H,3-11,13,15-16,21-22,27-28,33-42,46H2,1-2H3,(H,49,50). The molecule has 0 saturated carbocycles. The number of phosphoric ester groups is 1. The number of unbranched alkanes of at least 4 members (excludes halogenated alkanes) is 11. The summed E-state index contributed by atoms with van der Waals surface area (Å²) < 4.78 is 32.6. The SMILES string of the molecule is CCCCCC=CCC=CCC=CCC=CCCCC(=O)OC(COC(=O)CCCC=CCC=CCC=CCCCCCCCC)COP(=O)(O)OCCN. The van der Waals surface area contributed by atoms with Gasteiger partial charge < -0.3 is 20.1 Å². The average Bonchev–Trinajstić information content (AvgIpc) is 3.17. The van der Waals surface area contributed by atoms with Crippen molar-refractivity contribution < 1.29 is 37.6 Å². The van der Waals surface area contributed by atoms with E-state index in [9.17, 15) is 19.0 Å². The number of carbonyl (C=O) groups excluding carboxylic acids is 2. The molecule has 0 aromatic rings. The molecule has 9 nitrogen and oxygen atoms in total. The van der Waals surface area contributed by atoms with Crippen molar-refractivity contribution in [1.29, 1.82) is 0 Å². The Kier molecular flexibility index (Phi) is 38.8. The van der Waals surface area contributed by atoms with Crippen molar-refractivity contribution in [2.45, 2.75) is 161 Å². The lowest BCUT2D eigenvalue weighted by atomic mass is 10.1.